The number of amides is 1. The quantitative estimate of drug-likeness (QED) is 0.776. The van der Waals surface area contributed by atoms with Crippen molar-refractivity contribution in [1.82, 2.24) is 5.32 Å². The molecule has 0 heterocycles. The molecule has 0 spiro atoms. The highest BCUT2D eigenvalue weighted by Crippen LogP contribution is 2.34. The molecule has 3 N–H and O–H groups in total. The summed E-state index contributed by atoms with van der Waals surface area (Å²) in [6, 6.07) is 0.0353. The molecule has 1 saturated carbocycles. The van der Waals surface area contributed by atoms with Gasteiger partial charge in [0, 0.05) is 6.04 Å². The van der Waals surface area contributed by atoms with E-state index in [2.05, 4.69) is 26.1 Å². The molecule has 0 aromatic rings. The summed E-state index contributed by atoms with van der Waals surface area (Å²) < 4.78 is 0. The summed E-state index contributed by atoms with van der Waals surface area (Å²) in [4.78, 5) is 11.8. The second-order valence-corrected chi connectivity index (χ2v) is 6.20. The number of hydrogen-bond donors (Lipinski definition) is 2. The van der Waals surface area contributed by atoms with E-state index in [9.17, 15) is 4.79 Å². The van der Waals surface area contributed by atoms with Gasteiger partial charge in [-0.05, 0) is 37.5 Å². The highest BCUT2D eigenvalue weighted by Gasteiger charge is 2.28. The number of carbonyl (C=O) groups is 1. The Morgan fingerprint density at radius 1 is 1.41 bits per heavy atom. The fraction of sp³-hybridized carbons (Fsp3) is 0.929. The molecule has 1 aliphatic rings. The third-order valence-corrected chi connectivity index (χ3v) is 3.89. The second-order valence-electron chi connectivity index (χ2n) is 6.20. The van der Waals surface area contributed by atoms with E-state index in [1.165, 1.54) is 12.8 Å². The average molecular weight is 240 g/mol. The third kappa shape index (κ3) is 5.07. The van der Waals surface area contributed by atoms with Gasteiger partial charge in [0.2, 0.25) is 5.91 Å². The predicted octanol–water partition coefficient (Wildman–Crippen LogP) is 2.59. The smallest absolute Gasteiger partial charge is 0.237 e. The van der Waals surface area contributed by atoms with Gasteiger partial charge in [0.1, 0.15) is 0 Å². The molecule has 1 fully saturated rings. The zero-order valence-electron chi connectivity index (χ0n) is 11.6. The molecule has 0 saturated heterocycles. The van der Waals surface area contributed by atoms with Crippen LogP contribution >= 0.6 is 0 Å². The van der Waals surface area contributed by atoms with Gasteiger partial charge in [-0.15, -0.1) is 0 Å². The zero-order chi connectivity index (χ0) is 12.9. The van der Waals surface area contributed by atoms with Gasteiger partial charge >= 0.3 is 0 Å². The molecule has 1 aliphatic carbocycles. The summed E-state index contributed by atoms with van der Waals surface area (Å²) in [5.41, 5.74) is 6.31. The summed E-state index contributed by atoms with van der Waals surface area (Å²) >= 11 is 0. The van der Waals surface area contributed by atoms with Crippen molar-refractivity contribution in [1.29, 1.82) is 0 Å². The number of rotatable bonds is 5. The van der Waals surface area contributed by atoms with E-state index in [4.69, 9.17) is 5.73 Å². The van der Waals surface area contributed by atoms with Gasteiger partial charge < -0.3 is 11.1 Å². The van der Waals surface area contributed by atoms with Crippen LogP contribution in [0.25, 0.3) is 0 Å². The number of unbranched alkanes of at least 4 members (excludes halogenated alkanes) is 1. The van der Waals surface area contributed by atoms with Gasteiger partial charge in [0.15, 0.2) is 0 Å². The Kier molecular flexibility index (Phi) is 5.44. The molecular formula is C14H28N2O. The van der Waals surface area contributed by atoms with Crippen LogP contribution < -0.4 is 11.1 Å². The van der Waals surface area contributed by atoms with Crippen LogP contribution in [0.1, 0.15) is 65.7 Å². The normalized spacial score (nSPS) is 22.1. The minimum atomic E-state index is -0.315. The van der Waals surface area contributed by atoms with Crippen LogP contribution in [0.2, 0.25) is 0 Å². The lowest BCUT2D eigenvalue weighted by molar-refractivity contribution is -0.123. The number of nitrogens with two attached hydrogens (primary N) is 1. The fourth-order valence-electron chi connectivity index (χ4n) is 2.41. The van der Waals surface area contributed by atoms with Crippen LogP contribution in [0.3, 0.4) is 0 Å². The van der Waals surface area contributed by atoms with Gasteiger partial charge in [-0.1, -0.05) is 33.6 Å². The Labute approximate surface area is 106 Å². The summed E-state index contributed by atoms with van der Waals surface area (Å²) in [6.07, 6.45) is 7.52. The predicted molar refractivity (Wildman–Crippen MR) is 71.7 cm³/mol. The molecule has 17 heavy (non-hydrogen) atoms. The lowest BCUT2D eigenvalue weighted by Gasteiger charge is -2.35. The van der Waals surface area contributed by atoms with Crippen molar-refractivity contribution < 1.29 is 4.79 Å². The monoisotopic (exact) mass is 240 g/mol. The lowest BCUT2D eigenvalue weighted by atomic mass is 9.75. The maximum absolute atomic E-state index is 11.8. The molecule has 1 amide bonds. The topological polar surface area (TPSA) is 55.1 Å². The first kappa shape index (κ1) is 14.5. The first-order chi connectivity index (χ1) is 7.94. The van der Waals surface area contributed by atoms with Crippen molar-refractivity contribution >= 4 is 5.91 Å². The largest absolute Gasteiger partial charge is 0.352 e. The standard InChI is InChI=1S/C14H28N2O/c1-4-5-6-12(15)13(17)16-11-7-9-14(2,3)10-8-11/h11-12H,4-10,15H2,1-3H3,(H,16,17)/t12-/m0/s1. The first-order valence-electron chi connectivity index (χ1n) is 7.00. The fourth-order valence-corrected chi connectivity index (χ4v) is 2.41. The molecule has 0 unspecified atom stereocenters. The van der Waals surface area contributed by atoms with E-state index >= 15 is 0 Å². The molecule has 0 aromatic heterocycles. The van der Waals surface area contributed by atoms with Gasteiger partial charge in [-0.3, -0.25) is 4.79 Å². The summed E-state index contributed by atoms with van der Waals surface area (Å²) in [7, 11) is 0. The van der Waals surface area contributed by atoms with Crippen molar-refractivity contribution in [2.45, 2.75) is 77.8 Å². The molecule has 3 nitrogen and oxygen atoms in total. The van der Waals surface area contributed by atoms with Gasteiger partial charge in [0.25, 0.3) is 0 Å². The summed E-state index contributed by atoms with van der Waals surface area (Å²) in [5, 5.41) is 3.10. The zero-order valence-corrected chi connectivity index (χ0v) is 11.6. The van der Waals surface area contributed by atoms with Crippen molar-refractivity contribution in [2.75, 3.05) is 0 Å². The number of carbonyl (C=O) groups excluding carboxylic acids is 1. The molecule has 1 atom stereocenters. The minimum absolute atomic E-state index is 0.0446. The molecule has 0 aliphatic heterocycles. The molecule has 0 bridgehead atoms. The Morgan fingerprint density at radius 2 is 2.00 bits per heavy atom. The maximum atomic E-state index is 11.8. The van der Waals surface area contributed by atoms with Crippen molar-refractivity contribution in [3.05, 3.63) is 0 Å². The van der Waals surface area contributed by atoms with Crippen LogP contribution in [-0.2, 0) is 4.79 Å². The van der Waals surface area contributed by atoms with Gasteiger partial charge in [-0.25, -0.2) is 0 Å². The molecule has 0 aromatic carbocycles. The van der Waals surface area contributed by atoms with Crippen LogP contribution in [0.4, 0.5) is 0 Å². The van der Waals surface area contributed by atoms with Crippen molar-refractivity contribution in [2.24, 2.45) is 11.1 Å². The lowest BCUT2D eigenvalue weighted by Crippen LogP contribution is -2.47. The van der Waals surface area contributed by atoms with E-state index in [0.29, 0.717) is 11.5 Å². The number of hydrogen-bond acceptors (Lipinski definition) is 2. The molecule has 1 rings (SSSR count). The van der Waals surface area contributed by atoms with E-state index < -0.39 is 0 Å². The minimum Gasteiger partial charge on any atom is -0.352 e. The third-order valence-electron chi connectivity index (χ3n) is 3.89. The van der Waals surface area contributed by atoms with Gasteiger partial charge in [-0.2, -0.15) is 0 Å². The van der Waals surface area contributed by atoms with Crippen LogP contribution in [-0.4, -0.2) is 18.0 Å². The second kappa shape index (κ2) is 6.39. The van der Waals surface area contributed by atoms with Crippen LogP contribution in [0, 0.1) is 5.41 Å². The highest BCUT2D eigenvalue weighted by molar-refractivity contribution is 5.81. The summed E-state index contributed by atoms with van der Waals surface area (Å²) in [6.45, 7) is 6.73. The first-order valence-corrected chi connectivity index (χ1v) is 7.00. The van der Waals surface area contributed by atoms with E-state index in [1.807, 2.05) is 0 Å². The van der Waals surface area contributed by atoms with Gasteiger partial charge in [0.05, 0.1) is 6.04 Å². The maximum Gasteiger partial charge on any atom is 0.237 e. The van der Waals surface area contributed by atoms with E-state index in [0.717, 1.165) is 32.1 Å². The Bertz CT molecular complexity index is 241. The summed E-state index contributed by atoms with van der Waals surface area (Å²) in [5.74, 6) is 0.0446. The molecule has 0 radical (unpaired) electrons. The number of nitrogens with one attached hydrogen (secondary N) is 1. The van der Waals surface area contributed by atoms with Crippen LogP contribution in [0.15, 0.2) is 0 Å². The van der Waals surface area contributed by atoms with E-state index in [-0.39, 0.29) is 11.9 Å². The average Bonchev–Trinajstić information content (AvgIpc) is 2.28. The van der Waals surface area contributed by atoms with Crippen molar-refractivity contribution in [3.63, 3.8) is 0 Å². The Hall–Kier alpha value is -0.570. The molecule has 3 heteroatoms. The van der Waals surface area contributed by atoms with E-state index in [1.54, 1.807) is 0 Å². The molecular weight excluding hydrogens is 212 g/mol. The Morgan fingerprint density at radius 3 is 2.53 bits per heavy atom. The van der Waals surface area contributed by atoms with Crippen molar-refractivity contribution in [3.8, 4) is 0 Å². The Balaban J connectivity index is 2.27. The SMILES string of the molecule is CCCC[C@H](N)C(=O)NC1CCC(C)(C)CC1. The molecule has 100 valence electrons. The highest BCUT2D eigenvalue weighted by atomic mass is 16.2. The van der Waals surface area contributed by atoms with Crippen LogP contribution in [0.5, 0.6) is 0 Å².